The van der Waals surface area contributed by atoms with Gasteiger partial charge < -0.3 is 10.5 Å². The molecule has 2 N–H and O–H groups in total. The van der Waals surface area contributed by atoms with Gasteiger partial charge in [-0.2, -0.15) is 5.10 Å². The topological polar surface area (TPSA) is 70.1 Å². The van der Waals surface area contributed by atoms with Crippen LogP contribution in [0.4, 0.5) is 0 Å². The Morgan fingerprint density at radius 3 is 2.94 bits per heavy atom. The minimum atomic E-state index is -0.174. The molecular weight excluding hydrogens is 218 g/mol. The summed E-state index contributed by atoms with van der Waals surface area (Å²) < 4.78 is 6.72. The first-order valence-electron chi connectivity index (χ1n) is 6.08. The van der Waals surface area contributed by atoms with E-state index in [1.54, 1.807) is 6.92 Å². The molecule has 0 saturated carbocycles. The molecule has 0 aliphatic rings. The van der Waals surface area contributed by atoms with Crippen molar-refractivity contribution in [3.05, 3.63) is 18.0 Å². The Hall–Kier alpha value is -1.36. The van der Waals surface area contributed by atoms with Crippen LogP contribution in [0.5, 0.6) is 0 Å². The molecule has 1 heterocycles. The first kappa shape index (κ1) is 13.7. The van der Waals surface area contributed by atoms with Crippen LogP contribution in [0.1, 0.15) is 32.3 Å². The van der Waals surface area contributed by atoms with Gasteiger partial charge in [0.2, 0.25) is 0 Å². The molecule has 1 rings (SSSR count). The van der Waals surface area contributed by atoms with E-state index in [-0.39, 0.29) is 12.0 Å². The van der Waals surface area contributed by atoms with E-state index < -0.39 is 0 Å². The van der Waals surface area contributed by atoms with Crippen LogP contribution in [0.2, 0.25) is 0 Å². The summed E-state index contributed by atoms with van der Waals surface area (Å²) in [6.45, 7) is 5.13. The highest BCUT2D eigenvalue weighted by atomic mass is 16.5. The molecule has 96 valence electrons. The highest BCUT2D eigenvalue weighted by molar-refractivity contribution is 5.69. The second-order valence-corrected chi connectivity index (χ2v) is 4.01. The number of aromatic nitrogens is 2. The maximum Gasteiger partial charge on any atom is 0.305 e. The summed E-state index contributed by atoms with van der Waals surface area (Å²) in [5.41, 5.74) is 7.07. The Labute approximate surface area is 102 Å². The lowest BCUT2D eigenvalue weighted by molar-refractivity contribution is -0.143. The number of aryl methyl sites for hydroxylation is 1. The van der Waals surface area contributed by atoms with Crippen LogP contribution < -0.4 is 5.73 Å². The average molecular weight is 239 g/mol. The quantitative estimate of drug-likeness (QED) is 0.724. The SMILES string of the molecule is CCOC(=O)CCC(N)Cc1cnn(CC)c1. The fourth-order valence-electron chi connectivity index (χ4n) is 1.63. The fourth-order valence-corrected chi connectivity index (χ4v) is 1.63. The van der Waals surface area contributed by atoms with Crippen molar-refractivity contribution in [2.75, 3.05) is 6.61 Å². The molecule has 0 amide bonds. The predicted octanol–water partition coefficient (Wildman–Crippen LogP) is 1.12. The van der Waals surface area contributed by atoms with Gasteiger partial charge in [-0.3, -0.25) is 9.48 Å². The molecule has 1 unspecified atom stereocenters. The average Bonchev–Trinajstić information content (AvgIpc) is 2.74. The summed E-state index contributed by atoms with van der Waals surface area (Å²) in [4.78, 5) is 11.2. The third-order valence-corrected chi connectivity index (χ3v) is 2.53. The molecule has 0 radical (unpaired) electrons. The highest BCUT2D eigenvalue weighted by Gasteiger charge is 2.09. The Kier molecular flexibility index (Phi) is 5.69. The summed E-state index contributed by atoms with van der Waals surface area (Å²) in [5, 5.41) is 4.18. The number of nitrogens with zero attached hydrogens (tertiary/aromatic N) is 2. The number of esters is 1. The molecule has 0 bridgehead atoms. The van der Waals surface area contributed by atoms with Crippen molar-refractivity contribution in [3.8, 4) is 0 Å². The normalized spacial score (nSPS) is 12.4. The highest BCUT2D eigenvalue weighted by Crippen LogP contribution is 2.06. The first-order valence-corrected chi connectivity index (χ1v) is 6.08. The molecule has 0 spiro atoms. The predicted molar refractivity (Wildman–Crippen MR) is 65.4 cm³/mol. The van der Waals surface area contributed by atoms with Gasteiger partial charge >= 0.3 is 5.97 Å². The van der Waals surface area contributed by atoms with E-state index in [9.17, 15) is 4.79 Å². The second-order valence-electron chi connectivity index (χ2n) is 4.01. The largest absolute Gasteiger partial charge is 0.466 e. The lowest BCUT2D eigenvalue weighted by atomic mass is 10.1. The number of carbonyl (C=O) groups excluding carboxylic acids is 1. The van der Waals surface area contributed by atoms with Gasteiger partial charge in [0.25, 0.3) is 0 Å². The number of hydrogen-bond acceptors (Lipinski definition) is 4. The third-order valence-electron chi connectivity index (χ3n) is 2.53. The van der Waals surface area contributed by atoms with Gasteiger partial charge in [-0.25, -0.2) is 0 Å². The van der Waals surface area contributed by atoms with Gasteiger partial charge in [0, 0.05) is 25.2 Å². The Morgan fingerprint density at radius 1 is 1.59 bits per heavy atom. The molecule has 0 saturated heterocycles. The number of rotatable bonds is 7. The summed E-state index contributed by atoms with van der Waals surface area (Å²) in [6.07, 6.45) is 5.60. The lowest BCUT2D eigenvalue weighted by Gasteiger charge is -2.09. The molecule has 1 aromatic heterocycles. The molecule has 0 aromatic carbocycles. The van der Waals surface area contributed by atoms with E-state index in [4.69, 9.17) is 10.5 Å². The van der Waals surface area contributed by atoms with Crippen LogP contribution in [0.25, 0.3) is 0 Å². The van der Waals surface area contributed by atoms with Crippen molar-refractivity contribution in [3.63, 3.8) is 0 Å². The van der Waals surface area contributed by atoms with Crippen LogP contribution in [0.3, 0.4) is 0 Å². The molecule has 5 heteroatoms. The Morgan fingerprint density at radius 2 is 2.35 bits per heavy atom. The van der Waals surface area contributed by atoms with Crippen LogP contribution in [-0.4, -0.2) is 28.4 Å². The molecule has 0 fully saturated rings. The maximum atomic E-state index is 11.2. The second kappa shape index (κ2) is 7.06. The maximum absolute atomic E-state index is 11.2. The molecule has 0 aliphatic carbocycles. The smallest absolute Gasteiger partial charge is 0.305 e. The van der Waals surface area contributed by atoms with Crippen molar-refractivity contribution in [1.82, 2.24) is 9.78 Å². The van der Waals surface area contributed by atoms with E-state index in [1.165, 1.54) is 0 Å². The minimum Gasteiger partial charge on any atom is -0.466 e. The van der Waals surface area contributed by atoms with Crippen molar-refractivity contribution in [1.29, 1.82) is 0 Å². The van der Waals surface area contributed by atoms with Crippen LogP contribution in [-0.2, 0) is 22.5 Å². The van der Waals surface area contributed by atoms with Gasteiger partial charge in [0.15, 0.2) is 0 Å². The Balaban J connectivity index is 2.29. The van der Waals surface area contributed by atoms with Gasteiger partial charge in [0.05, 0.1) is 12.8 Å². The van der Waals surface area contributed by atoms with Crippen molar-refractivity contribution in [2.24, 2.45) is 5.73 Å². The number of nitrogens with two attached hydrogens (primary N) is 1. The van der Waals surface area contributed by atoms with Gasteiger partial charge in [-0.1, -0.05) is 0 Å². The summed E-state index contributed by atoms with van der Waals surface area (Å²) in [6, 6.07) is -0.0195. The van der Waals surface area contributed by atoms with E-state index in [2.05, 4.69) is 5.10 Å². The number of carbonyl (C=O) groups is 1. The minimum absolute atomic E-state index is 0.0195. The zero-order valence-electron chi connectivity index (χ0n) is 10.6. The van der Waals surface area contributed by atoms with E-state index in [0.29, 0.717) is 19.4 Å². The summed E-state index contributed by atoms with van der Waals surface area (Å²) >= 11 is 0. The lowest BCUT2D eigenvalue weighted by Crippen LogP contribution is -2.24. The van der Waals surface area contributed by atoms with Crippen molar-refractivity contribution >= 4 is 5.97 Å². The Bertz CT molecular complexity index is 349. The summed E-state index contributed by atoms with van der Waals surface area (Å²) in [5.74, 6) is -0.174. The van der Waals surface area contributed by atoms with Crippen LogP contribution >= 0.6 is 0 Å². The van der Waals surface area contributed by atoms with E-state index in [1.807, 2.05) is 24.0 Å². The molecular formula is C12H21N3O2. The van der Waals surface area contributed by atoms with Crippen LogP contribution in [0, 0.1) is 0 Å². The van der Waals surface area contributed by atoms with Gasteiger partial charge in [-0.15, -0.1) is 0 Å². The number of ether oxygens (including phenoxy) is 1. The van der Waals surface area contributed by atoms with E-state index in [0.717, 1.165) is 18.5 Å². The number of hydrogen-bond donors (Lipinski definition) is 1. The van der Waals surface area contributed by atoms with Gasteiger partial charge in [0.1, 0.15) is 0 Å². The standard InChI is InChI=1S/C12H21N3O2/c1-3-15-9-10(8-14-15)7-11(13)5-6-12(16)17-4-2/h8-9,11H,3-7,13H2,1-2H3. The van der Waals surface area contributed by atoms with Crippen molar-refractivity contribution in [2.45, 2.75) is 45.7 Å². The molecule has 0 aliphatic heterocycles. The van der Waals surface area contributed by atoms with Crippen molar-refractivity contribution < 1.29 is 9.53 Å². The summed E-state index contributed by atoms with van der Waals surface area (Å²) in [7, 11) is 0. The zero-order valence-corrected chi connectivity index (χ0v) is 10.6. The van der Waals surface area contributed by atoms with Crippen LogP contribution in [0.15, 0.2) is 12.4 Å². The molecule has 17 heavy (non-hydrogen) atoms. The molecule has 1 aromatic rings. The monoisotopic (exact) mass is 239 g/mol. The molecule has 5 nitrogen and oxygen atoms in total. The third kappa shape index (κ3) is 4.99. The zero-order chi connectivity index (χ0) is 12.7. The van der Waals surface area contributed by atoms with E-state index >= 15 is 0 Å². The fraction of sp³-hybridized carbons (Fsp3) is 0.667. The first-order chi connectivity index (χ1) is 8.15. The van der Waals surface area contributed by atoms with Gasteiger partial charge in [-0.05, 0) is 32.3 Å². The molecule has 1 atom stereocenters.